The Morgan fingerprint density at radius 2 is 1.90 bits per heavy atom. The SMILES string of the molecule is Cc1noc(C)c1-c1ccc2nc(C(=O)N(C)C)n3c2c1OCC3.c1ccncc1. The third-order valence-corrected chi connectivity index (χ3v) is 4.89. The molecule has 0 saturated carbocycles. The van der Waals surface area contributed by atoms with Crippen LogP contribution in [0.4, 0.5) is 0 Å². The van der Waals surface area contributed by atoms with Crippen molar-refractivity contribution < 1.29 is 14.1 Å². The topological polar surface area (TPSA) is 86.3 Å². The maximum absolute atomic E-state index is 12.4. The average molecular weight is 405 g/mol. The molecule has 4 aromatic rings. The summed E-state index contributed by atoms with van der Waals surface area (Å²) in [5.41, 5.74) is 4.27. The molecular weight excluding hydrogens is 382 g/mol. The maximum Gasteiger partial charge on any atom is 0.289 e. The van der Waals surface area contributed by atoms with Gasteiger partial charge in [0.15, 0.2) is 11.6 Å². The van der Waals surface area contributed by atoms with Crippen LogP contribution in [0.25, 0.3) is 22.2 Å². The van der Waals surface area contributed by atoms with Crippen LogP contribution in [-0.4, -0.2) is 51.2 Å². The Morgan fingerprint density at radius 1 is 1.13 bits per heavy atom. The molecule has 4 heterocycles. The van der Waals surface area contributed by atoms with E-state index in [2.05, 4.69) is 15.1 Å². The number of carbonyl (C=O) groups is 1. The second-order valence-electron chi connectivity index (χ2n) is 7.17. The van der Waals surface area contributed by atoms with Crippen molar-refractivity contribution in [1.82, 2.24) is 24.6 Å². The summed E-state index contributed by atoms with van der Waals surface area (Å²) >= 11 is 0. The Bertz CT molecular complexity index is 1150. The molecule has 30 heavy (non-hydrogen) atoms. The van der Waals surface area contributed by atoms with Gasteiger partial charge in [0.25, 0.3) is 5.91 Å². The molecule has 0 N–H and O–H groups in total. The van der Waals surface area contributed by atoms with Gasteiger partial charge in [-0.15, -0.1) is 0 Å². The summed E-state index contributed by atoms with van der Waals surface area (Å²) in [6.07, 6.45) is 3.50. The van der Waals surface area contributed by atoms with E-state index in [4.69, 9.17) is 9.26 Å². The lowest BCUT2D eigenvalue weighted by Gasteiger charge is -2.21. The van der Waals surface area contributed by atoms with E-state index in [1.807, 2.05) is 48.7 Å². The summed E-state index contributed by atoms with van der Waals surface area (Å²) in [5.74, 6) is 1.81. The Labute approximate surface area is 174 Å². The minimum Gasteiger partial charge on any atom is -0.489 e. The zero-order valence-electron chi connectivity index (χ0n) is 17.4. The molecule has 0 spiro atoms. The van der Waals surface area contributed by atoms with Gasteiger partial charge in [-0.25, -0.2) is 4.98 Å². The number of amides is 1. The van der Waals surface area contributed by atoms with Crippen molar-refractivity contribution in [3.8, 4) is 16.9 Å². The fourth-order valence-electron chi connectivity index (χ4n) is 3.54. The lowest BCUT2D eigenvalue weighted by atomic mass is 10.0. The minimum atomic E-state index is -0.113. The smallest absolute Gasteiger partial charge is 0.289 e. The van der Waals surface area contributed by atoms with E-state index in [-0.39, 0.29) is 5.91 Å². The van der Waals surface area contributed by atoms with E-state index in [0.29, 0.717) is 19.0 Å². The summed E-state index contributed by atoms with van der Waals surface area (Å²) in [7, 11) is 3.45. The van der Waals surface area contributed by atoms with Crippen LogP contribution in [0.1, 0.15) is 22.1 Å². The number of benzene rings is 1. The number of imidazole rings is 1. The van der Waals surface area contributed by atoms with Crippen molar-refractivity contribution in [3.05, 3.63) is 60.0 Å². The first kappa shape index (κ1) is 19.6. The van der Waals surface area contributed by atoms with Crippen LogP contribution in [0.2, 0.25) is 0 Å². The molecule has 1 aliphatic heterocycles. The van der Waals surface area contributed by atoms with Gasteiger partial charge < -0.3 is 18.7 Å². The van der Waals surface area contributed by atoms with Gasteiger partial charge in [-0.2, -0.15) is 0 Å². The number of carbonyl (C=O) groups excluding carboxylic acids is 1. The number of aryl methyl sites for hydroxylation is 2. The van der Waals surface area contributed by atoms with Crippen molar-refractivity contribution >= 4 is 16.9 Å². The molecule has 1 aromatic carbocycles. The monoisotopic (exact) mass is 405 g/mol. The fourth-order valence-corrected chi connectivity index (χ4v) is 3.54. The standard InChI is InChI=1S/C17H18N4O3.C5H5N/c1-9-13(10(2)24-19-9)11-5-6-12-14-15(11)23-8-7-21(14)16(18-12)17(22)20(3)4;1-2-4-6-5-3-1/h5-6H,7-8H2,1-4H3;1-5H. The molecule has 1 aliphatic rings. The molecular formula is C22H23N5O3. The van der Waals surface area contributed by atoms with Crippen LogP contribution in [-0.2, 0) is 6.54 Å². The van der Waals surface area contributed by atoms with Gasteiger partial charge in [0.1, 0.15) is 17.9 Å². The number of pyridine rings is 1. The summed E-state index contributed by atoms with van der Waals surface area (Å²) in [5, 5.41) is 4.03. The molecule has 0 saturated heterocycles. The number of hydrogen-bond donors (Lipinski definition) is 0. The van der Waals surface area contributed by atoms with Crippen LogP contribution >= 0.6 is 0 Å². The highest BCUT2D eigenvalue weighted by Crippen LogP contribution is 2.41. The first-order valence-corrected chi connectivity index (χ1v) is 9.65. The van der Waals surface area contributed by atoms with E-state index in [9.17, 15) is 4.79 Å². The molecule has 0 bridgehead atoms. The summed E-state index contributed by atoms with van der Waals surface area (Å²) in [4.78, 5) is 22.3. The van der Waals surface area contributed by atoms with Gasteiger partial charge >= 0.3 is 0 Å². The number of ether oxygens (including phenoxy) is 1. The third-order valence-electron chi connectivity index (χ3n) is 4.89. The van der Waals surface area contributed by atoms with Crippen LogP contribution in [0.3, 0.4) is 0 Å². The summed E-state index contributed by atoms with van der Waals surface area (Å²) in [6.45, 7) is 4.88. The van der Waals surface area contributed by atoms with Crippen molar-refractivity contribution in [2.45, 2.75) is 20.4 Å². The molecule has 154 valence electrons. The van der Waals surface area contributed by atoms with Crippen LogP contribution in [0.5, 0.6) is 5.75 Å². The fraction of sp³-hybridized carbons (Fsp3) is 0.273. The summed E-state index contributed by atoms with van der Waals surface area (Å²) < 4.78 is 13.2. The van der Waals surface area contributed by atoms with Crippen LogP contribution < -0.4 is 4.74 Å². The Hall–Kier alpha value is -3.68. The van der Waals surface area contributed by atoms with E-state index in [1.54, 1.807) is 26.5 Å². The molecule has 8 nitrogen and oxygen atoms in total. The van der Waals surface area contributed by atoms with Crippen molar-refractivity contribution in [2.75, 3.05) is 20.7 Å². The molecule has 0 atom stereocenters. The van der Waals surface area contributed by atoms with Crippen molar-refractivity contribution in [2.24, 2.45) is 0 Å². The van der Waals surface area contributed by atoms with Crippen molar-refractivity contribution in [1.29, 1.82) is 0 Å². The van der Waals surface area contributed by atoms with Gasteiger partial charge in [0, 0.05) is 32.1 Å². The highest BCUT2D eigenvalue weighted by molar-refractivity contribution is 5.99. The average Bonchev–Trinajstić information content (AvgIpc) is 3.31. The molecule has 0 aliphatic carbocycles. The number of rotatable bonds is 2. The number of nitrogens with zero attached hydrogens (tertiary/aromatic N) is 5. The van der Waals surface area contributed by atoms with Gasteiger partial charge in [0.2, 0.25) is 0 Å². The van der Waals surface area contributed by atoms with Crippen LogP contribution in [0.15, 0.2) is 47.2 Å². The molecule has 3 aromatic heterocycles. The van der Waals surface area contributed by atoms with E-state index >= 15 is 0 Å². The maximum atomic E-state index is 12.4. The lowest BCUT2D eigenvalue weighted by molar-refractivity contribution is 0.0810. The molecule has 0 fully saturated rings. The minimum absolute atomic E-state index is 0.113. The second-order valence-corrected chi connectivity index (χ2v) is 7.17. The Morgan fingerprint density at radius 3 is 2.47 bits per heavy atom. The van der Waals surface area contributed by atoms with Crippen LogP contribution in [0, 0.1) is 13.8 Å². The quantitative estimate of drug-likeness (QED) is 0.507. The van der Waals surface area contributed by atoms with Gasteiger partial charge in [-0.05, 0) is 38.1 Å². The van der Waals surface area contributed by atoms with E-state index in [1.165, 1.54) is 4.90 Å². The Balaban J connectivity index is 0.000000313. The van der Waals surface area contributed by atoms with E-state index in [0.717, 1.165) is 39.4 Å². The molecule has 1 amide bonds. The largest absolute Gasteiger partial charge is 0.489 e. The number of hydrogen-bond acceptors (Lipinski definition) is 6. The van der Waals surface area contributed by atoms with Gasteiger partial charge in [-0.3, -0.25) is 9.78 Å². The molecule has 5 rings (SSSR count). The first-order chi connectivity index (χ1) is 14.5. The van der Waals surface area contributed by atoms with Gasteiger partial charge in [-0.1, -0.05) is 11.2 Å². The molecule has 0 radical (unpaired) electrons. The highest BCUT2D eigenvalue weighted by Gasteiger charge is 2.27. The van der Waals surface area contributed by atoms with Gasteiger partial charge in [0.05, 0.1) is 23.3 Å². The first-order valence-electron chi connectivity index (χ1n) is 9.65. The third kappa shape index (κ3) is 3.41. The molecule has 0 unspecified atom stereocenters. The normalized spacial score (nSPS) is 12.1. The number of aromatic nitrogens is 4. The predicted octanol–water partition coefficient (Wildman–Crippen LogP) is 3.48. The predicted molar refractivity (Wildman–Crippen MR) is 112 cm³/mol. The van der Waals surface area contributed by atoms with E-state index < -0.39 is 0 Å². The highest BCUT2D eigenvalue weighted by atomic mass is 16.5. The summed E-state index contributed by atoms with van der Waals surface area (Å²) in [6, 6.07) is 9.58. The zero-order valence-corrected chi connectivity index (χ0v) is 17.4. The zero-order chi connectivity index (χ0) is 21.3. The molecule has 8 heteroatoms. The van der Waals surface area contributed by atoms with Crippen molar-refractivity contribution in [3.63, 3.8) is 0 Å². The second kappa shape index (κ2) is 7.98. The lowest BCUT2D eigenvalue weighted by Crippen LogP contribution is -2.27. The Kier molecular flexibility index (Phi) is 5.22.